The molecular formula is C14H25NO3. The van der Waals surface area contributed by atoms with Crippen LogP contribution in [0.4, 0.5) is 0 Å². The highest BCUT2D eigenvalue weighted by Crippen LogP contribution is 2.26. The maximum Gasteiger partial charge on any atom is 0.225 e. The van der Waals surface area contributed by atoms with Gasteiger partial charge < -0.3 is 14.7 Å². The van der Waals surface area contributed by atoms with Gasteiger partial charge in [-0.15, -0.1) is 0 Å². The molecule has 1 saturated carbocycles. The normalized spacial score (nSPS) is 23.3. The Labute approximate surface area is 109 Å². The first-order chi connectivity index (χ1) is 8.81. The second kappa shape index (κ2) is 7.10. The predicted molar refractivity (Wildman–Crippen MR) is 69.2 cm³/mol. The Morgan fingerprint density at radius 1 is 1.11 bits per heavy atom. The van der Waals surface area contributed by atoms with Gasteiger partial charge in [-0.05, 0) is 25.7 Å². The Morgan fingerprint density at radius 2 is 1.78 bits per heavy atom. The number of hydrogen-bond donors (Lipinski definition) is 1. The van der Waals surface area contributed by atoms with Crippen LogP contribution in [0.3, 0.4) is 0 Å². The van der Waals surface area contributed by atoms with Gasteiger partial charge in [0.1, 0.15) is 0 Å². The summed E-state index contributed by atoms with van der Waals surface area (Å²) < 4.78 is 5.52. The van der Waals surface area contributed by atoms with Gasteiger partial charge >= 0.3 is 0 Å². The molecule has 1 aliphatic heterocycles. The topological polar surface area (TPSA) is 49.8 Å². The van der Waals surface area contributed by atoms with Gasteiger partial charge in [-0.3, -0.25) is 4.79 Å². The van der Waals surface area contributed by atoms with Gasteiger partial charge in [0.25, 0.3) is 0 Å². The molecule has 2 aliphatic rings. The SMILES string of the molecule is O=C(C1CCCCC1)N1CCC(OCCO)CC1. The lowest BCUT2D eigenvalue weighted by molar-refractivity contribution is -0.139. The van der Waals surface area contributed by atoms with E-state index in [1.165, 1.54) is 19.3 Å². The van der Waals surface area contributed by atoms with Crippen molar-refractivity contribution in [1.29, 1.82) is 0 Å². The van der Waals surface area contributed by atoms with E-state index >= 15 is 0 Å². The van der Waals surface area contributed by atoms with Crippen molar-refractivity contribution >= 4 is 5.91 Å². The quantitative estimate of drug-likeness (QED) is 0.829. The van der Waals surface area contributed by atoms with Gasteiger partial charge in [-0.25, -0.2) is 0 Å². The lowest BCUT2D eigenvalue weighted by atomic mass is 9.88. The zero-order valence-corrected chi connectivity index (χ0v) is 11.1. The molecule has 1 saturated heterocycles. The van der Waals surface area contributed by atoms with Crippen molar-refractivity contribution in [3.05, 3.63) is 0 Å². The average Bonchev–Trinajstić information content (AvgIpc) is 2.46. The summed E-state index contributed by atoms with van der Waals surface area (Å²) in [4.78, 5) is 14.3. The van der Waals surface area contributed by atoms with Gasteiger partial charge in [0.2, 0.25) is 5.91 Å². The van der Waals surface area contributed by atoms with Gasteiger partial charge in [-0.1, -0.05) is 19.3 Å². The molecule has 1 heterocycles. The van der Waals surface area contributed by atoms with Crippen molar-refractivity contribution in [3.8, 4) is 0 Å². The van der Waals surface area contributed by atoms with Crippen LogP contribution in [0, 0.1) is 5.92 Å². The van der Waals surface area contributed by atoms with Crippen molar-refractivity contribution in [2.24, 2.45) is 5.92 Å². The predicted octanol–water partition coefficient (Wildman–Crippen LogP) is 1.57. The van der Waals surface area contributed by atoms with Crippen LogP contribution in [0.25, 0.3) is 0 Å². The Hall–Kier alpha value is -0.610. The first kappa shape index (κ1) is 13.8. The van der Waals surface area contributed by atoms with Crippen LogP contribution in [0.2, 0.25) is 0 Å². The third-order valence-corrected chi connectivity index (χ3v) is 4.15. The summed E-state index contributed by atoms with van der Waals surface area (Å²) >= 11 is 0. The Bertz CT molecular complexity index is 256. The van der Waals surface area contributed by atoms with E-state index < -0.39 is 0 Å². The van der Waals surface area contributed by atoms with E-state index in [1.54, 1.807) is 0 Å². The van der Waals surface area contributed by atoms with Crippen LogP contribution in [-0.2, 0) is 9.53 Å². The second-order valence-electron chi connectivity index (χ2n) is 5.45. The highest BCUT2D eigenvalue weighted by molar-refractivity contribution is 5.79. The van der Waals surface area contributed by atoms with E-state index in [2.05, 4.69) is 0 Å². The van der Waals surface area contributed by atoms with E-state index in [-0.39, 0.29) is 18.6 Å². The molecule has 0 aromatic heterocycles. The molecule has 0 spiro atoms. The molecule has 2 fully saturated rings. The minimum atomic E-state index is 0.0845. The first-order valence-corrected chi connectivity index (χ1v) is 7.32. The number of carbonyl (C=O) groups is 1. The highest BCUT2D eigenvalue weighted by Gasteiger charge is 2.29. The van der Waals surface area contributed by atoms with E-state index in [9.17, 15) is 4.79 Å². The van der Waals surface area contributed by atoms with E-state index in [0.717, 1.165) is 38.8 Å². The number of nitrogens with zero attached hydrogens (tertiary/aromatic N) is 1. The number of likely N-dealkylation sites (tertiary alicyclic amines) is 1. The van der Waals surface area contributed by atoms with Gasteiger partial charge in [0.05, 0.1) is 19.3 Å². The molecule has 2 rings (SSSR count). The molecule has 0 radical (unpaired) electrons. The van der Waals surface area contributed by atoms with Crippen molar-refractivity contribution in [2.75, 3.05) is 26.3 Å². The minimum Gasteiger partial charge on any atom is -0.394 e. The van der Waals surface area contributed by atoms with Crippen LogP contribution in [0.15, 0.2) is 0 Å². The van der Waals surface area contributed by atoms with Crippen molar-refractivity contribution < 1.29 is 14.6 Å². The molecule has 104 valence electrons. The number of aliphatic hydroxyl groups excluding tert-OH is 1. The third kappa shape index (κ3) is 3.69. The minimum absolute atomic E-state index is 0.0845. The zero-order chi connectivity index (χ0) is 12.8. The van der Waals surface area contributed by atoms with Gasteiger partial charge in [0.15, 0.2) is 0 Å². The fourth-order valence-corrected chi connectivity index (χ4v) is 3.07. The van der Waals surface area contributed by atoms with Crippen LogP contribution in [0.5, 0.6) is 0 Å². The van der Waals surface area contributed by atoms with Gasteiger partial charge in [-0.2, -0.15) is 0 Å². The highest BCUT2D eigenvalue weighted by atomic mass is 16.5. The molecule has 0 aromatic carbocycles. The molecule has 18 heavy (non-hydrogen) atoms. The van der Waals surface area contributed by atoms with Crippen LogP contribution in [0.1, 0.15) is 44.9 Å². The lowest BCUT2D eigenvalue weighted by Gasteiger charge is -2.35. The standard InChI is InChI=1S/C14H25NO3/c16-10-11-18-13-6-8-15(9-7-13)14(17)12-4-2-1-3-5-12/h12-13,16H,1-11H2. The molecule has 0 atom stereocenters. The summed E-state index contributed by atoms with van der Waals surface area (Å²) in [6, 6.07) is 0. The maximum absolute atomic E-state index is 12.3. The monoisotopic (exact) mass is 255 g/mol. The fourth-order valence-electron chi connectivity index (χ4n) is 3.07. The molecule has 1 aliphatic carbocycles. The summed E-state index contributed by atoms with van der Waals surface area (Å²) in [5.41, 5.74) is 0. The molecular weight excluding hydrogens is 230 g/mol. The summed E-state index contributed by atoms with van der Waals surface area (Å²) in [7, 11) is 0. The average molecular weight is 255 g/mol. The Kier molecular flexibility index (Phi) is 5.45. The third-order valence-electron chi connectivity index (χ3n) is 4.15. The first-order valence-electron chi connectivity index (χ1n) is 7.32. The molecule has 0 bridgehead atoms. The van der Waals surface area contributed by atoms with E-state index in [1.807, 2.05) is 4.90 Å². The number of carbonyl (C=O) groups excluding carboxylic acids is 1. The van der Waals surface area contributed by atoms with Crippen LogP contribution < -0.4 is 0 Å². The number of aliphatic hydroxyl groups is 1. The van der Waals surface area contributed by atoms with Gasteiger partial charge in [0, 0.05) is 19.0 Å². The van der Waals surface area contributed by atoms with E-state index in [0.29, 0.717) is 12.5 Å². The number of piperidine rings is 1. The summed E-state index contributed by atoms with van der Waals surface area (Å²) in [5.74, 6) is 0.656. The maximum atomic E-state index is 12.3. The van der Waals surface area contributed by atoms with Crippen LogP contribution >= 0.6 is 0 Å². The Morgan fingerprint density at radius 3 is 2.39 bits per heavy atom. The van der Waals surface area contributed by atoms with Crippen molar-refractivity contribution in [2.45, 2.75) is 51.0 Å². The molecule has 0 unspecified atom stereocenters. The number of amides is 1. The zero-order valence-electron chi connectivity index (χ0n) is 11.1. The largest absolute Gasteiger partial charge is 0.394 e. The van der Waals surface area contributed by atoms with Crippen molar-refractivity contribution in [1.82, 2.24) is 4.90 Å². The summed E-state index contributed by atoms with van der Waals surface area (Å²) in [6.45, 7) is 2.15. The molecule has 1 amide bonds. The van der Waals surface area contributed by atoms with E-state index in [4.69, 9.17) is 9.84 Å². The molecule has 0 aromatic rings. The molecule has 1 N–H and O–H groups in total. The summed E-state index contributed by atoms with van der Waals surface area (Å²) in [5, 5.41) is 8.72. The Balaban J connectivity index is 1.73. The smallest absolute Gasteiger partial charge is 0.225 e. The fraction of sp³-hybridized carbons (Fsp3) is 0.929. The second-order valence-corrected chi connectivity index (χ2v) is 5.45. The van der Waals surface area contributed by atoms with Crippen LogP contribution in [-0.4, -0.2) is 48.3 Å². The van der Waals surface area contributed by atoms with Crippen molar-refractivity contribution in [3.63, 3.8) is 0 Å². The number of hydrogen-bond acceptors (Lipinski definition) is 3. The lowest BCUT2D eigenvalue weighted by Crippen LogP contribution is -2.44. The number of rotatable bonds is 4. The summed E-state index contributed by atoms with van der Waals surface area (Å²) in [6.07, 6.45) is 7.95. The molecule has 4 nitrogen and oxygen atoms in total. The molecule has 4 heteroatoms. The number of ether oxygens (including phenoxy) is 1.